The van der Waals surface area contributed by atoms with Gasteiger partial charge >= 0.3 is 0 Å². The highest BCUT2D eigenvalue weighted by molar-refractivity contribution is 6.33. The van der Waals surface area contributed by atoms with Crippen LogP contribution in [-0.4, -0.2) is 36.8 Å². The first kappa shape index (κ1) is 27.1. The van der Waals surface area contributed by atoms with Crippen molar-refractivity contribution in [3.63, 3.8) is 0 Å². The number of carbonyl (C=O) groups is 1. The van der Waals surface area contributed by atoms with E-state index in [1.54, 1.807) is 0 Å². The van der Waals surface area contributed by atoms with Crippen LogP contribution < -0.4 is 10.6 Å². The standard InChI is InChI=1S/C26H41ClN2O2.CH2/c1-25(2,3)23(17-30)28-14-6-9-19-10-11-22(27)21(15-19)24(31)29-18-26-12-4-7-20(16-26)8-5-13-26;/h10-11,15,20,23,28,30H,4-9,12-14,16-18H2,1-3H3,(H,29,31);1H2. The highest BCUT2D eigenvalue weighted by atomic mass is 35.5. The van der Waals surface area contributed by atoms with Crippen LogP contribution in [0.4, 0.5) is 0 Å². The molecule has 2 aliphatic carbocycles. The fraction of sp³-hybridized carbons (Fsp3) is 0.704. The Balaban J connectivity index is 0.00000363. The molecule has 4 nitrogen and oxygen atoms in total. The molecule has 1 amide bonds. The third-order valence-electron chi connectivity index (χ3n) is 7.52. The fourth-order valence-corrected chi connectivity index (χ4v) is 5.75. The molecule has 1 unspecified atom stereocenters. The third-order valence-corrected chi connectivity index (χ3v) is 7.85. The van der Waals surface area contributed by atoms with Gasteiger partial charge in [0.25, 0.3) is 5.91 Å². The van der Waals surface area contributed by atoms with Gasteiger partial charge in [-0.1, -0.05) is 71.5 Å². The van der Waals surface area contributed by atoms with Crippen LogP contribution in [0.15, 0.2) is 18.2 Å². The average Bonchev–Trinajstić information content (AvgIpc) is 2.72. The number of aryl methyl sites for hydroxylation is 1. The minimum absolute atomic E-state index is 0. The summed E-state index contributed by atoms with van der Waals surface area (Å²) < 4.78 is 0. The number of hydrogen-bond donors (Lipinski definition) is 3. The van der Waals surface area contributed by atoms with Crippen molar-refractivity contribution in [2.45, 2.75) is 84.6 Å². The second-order valence-corrected chi connectivity index (χ2v) is 11.4. The Morgan fingerprint density at radius 2 is 1.94 bits per heavy atom. The van der Waals surface area contributed by atoms with Gasteiger partial charge in [0.1, 0.15) is 0 Å². The number of aliphatic hydroxyl groups excluding tert-OH is 1. The zero-order valence-electron chi connectivity index (χ0n) is 20.3. The summed E-state index contributed by atoms with van der Waals surface area (Å²) >= 11 is 6.39. The Labute approximate surface area is 200 Å². The van der Waals surface area contributed by atoms with Gasteiger partial charge in [-0.25, -0.2) is 0 Å². The van der Waals surface area contributed by atoms with Crippen LogP contribution in [0.5, 0.6) is 0 Å². The molecule has 5 heteroatoms. The van der Waals surface area contributed by atoms with Gasteiger partial charge < -0.3 is 15.7 Å². The Hall–Kier alpha value is -1.10. The maximum absolute atomic E-state index is 13.0. The van der Waals surface area contributed by atoms with E-state index in [0.717, 1.165) is 37.4 Å². The normalized spacial score (nSPS) is 23.8. The molecule has 1 aromatic rings. The van der Waals surface area contributed by atoms with E-state index in [-0.39, 0.29) is 31.4 Å². The van der Waals surface area contributed by atoms with Crippen molar-refractivity contribution in [3.8, 4) is 0 Å². The largest absolute Gasteiger partial charge is 0.395 e. The first-order chi connectivity index (χ1) is 14.7. The third kappa shape index (κ3) is 7.20. The molecule has 2 bridgehead atoms. The second-order valence-electron chi connectivity index (χ2n) is 11.0. The summed E-state index contributed by atoms with van der Waals surface area (Å²) in [6.07, 6.45) is 10.9. The molecule has 2 saturated carbocycles. The van der Waals surface area contributed by atoms with Gasteiger partial charge in [-0.05, 0) is 73.1 Å². The molecule has 0 aromatic heterocycles. The minimum Gasteiger partial charge on any atom is -0.395 e. The predicted molar refractivity (Wildman–Crippen MR) is 134 cm³/mol. The van der Waals surface area contributed by atoms with Gasteiger partial charge in [-0.2, -0.15) is 0 Å². The molecule has 0 heterocycles. The van der Waals surface area contributed by atoms with Gasteiger partial charge in [-0.3, -0.25) is 4.79 Å². The smallest absolute Gasteiger partial charge is 0.252 e. The van der Waals surface area contributed by atoms with E-state index < -0.39 is 0 Å². The number of rotatable bonds is 9. The summed E-state index contributed by atoms with van der Waals surface area (Å²) in [5, 5.41) is 16.8. The first-order valence-corrected chi connectivity index (χ1v) is 12.5. The Morgan fingerprint density at radius 1 is 1.25 bits per heavy atom. The molecule has 0 saturated heterocycles. The lowest BCUT2D eigenvalue weighted by Gasteiger charge is -2.45. The van der Waals surface area contributed by atoms with E-state index in [4.69, 9.17) is 11.6 Å². The highest BCUT2D eigenvalue weighted by Gasteiger charge is 2.39. The van der Waals surface area contributed by atoms with Crippen molar-refractivity contribution < 1.29 is 9.90 Å². The number of fused-ring (bicyclic) bond motifs is 2. The Morgan fingerprint density at radius 3 is 2.56 bits per heavy atom. The number of aliphatic hydroxyl groups is 1. The molecule has 2 fully saturated rings. The van der Waals surface area contributed by atoms with Crippen LogP contribution in [0.2, 0.25) is 5.02 Å². The zero-order chi connectivity index (χ0) is 22.5. The lowest BCUT2D eigenvalue weighted by atomic mass is 9.62. The molecule has 0 spiro atoms. The number of amides is 1. The van der Waals surface area contributed by atoms with E-state index in [9.17, 15) is 9.90 Å². The lowest BCUT2D eigenvalue weighted by Crippen LogP contribution is -2.43. The van der Waals surface area contributed by atoms with Crippen molar-refractivity contribution in [3.05, 3.63) is 41.8 Å². The Kier molecular flexibility index (Phi) is 10.1. The number of carbonyl (C=O) groups excluding carboxylic acids is 1. The van der Waals surface area contributed by atoms with Crippen molar-refractivity contribution in [2.75, 3.05) is 19.7 Å². The van der Waals surface area contributed by atoms with Gasteiger partial charge in [0.05, 0.1) is 17.2 Å². The number of halogens is 1. The summed E-state index contributed by atoms with van der Waals surface area (Å²) in [6, 6.07) is 5.89. The summed E-state index contributed by atoms with van der Waals surface area (Å²) in [6.45, 7) is 8.14. The van der Waals surface area contributed by atoms with Gasteiger partial charge in [-0.15, -0.1) is 0 Å². The van der Waals surface area contributed by atoms with Gasteiger partial charge in [0, 0.05) is 12.6 Å². The van der Waals surface area contributed by atoms with E-state index in [1.807, 2.05) is 18.2 Å². The van der Waals surface area contributed by atoms with E-state index >= 15 is 0 Å². The molecule has 1 aromatic carbocycles. The molecule has 1 atom stereocenters. The summed E-state index contributed by atoms with van der Waals surface area (Å²) in [4.78, 5) is 13.0. The number of benzene rings is 1. The van der Waals surface area contributed by atoms with Crippen molar-refractivity contribution >= 4 is 17.5 Å². The van der Waals surface area contributed by atoms with Crippen LogP contribution in [-0.2, 0) is 6.42 Å². The number of nitrogens with one attached hydrogen (secondary N) is 2. The first-order valence-electron chi connectivity index (χ1n) is 12.1. The quantitative estimate of drug-likeness (QED) is 0.413. The van der Waals surface area contributed by atoms with Crippen LogP contribution >= 0.6 is 11.6 Å². The molecule has 3 rings (SSSR count). The van der Waals surface area contributed by atoms with Gasteiger partial charge in [0.2, 0.25) is 0 Å². The molecule has 0 aliphatic heterocycles. The van der Waals surface area contributed by atoms with Gasteiger partial charge in [0.15, 0.2) is 0 Å². The number of hydrogen-bond acceptors (Lipinski definition) is 3. The lowest BCUT2D eigenvalue weighted by molar-refractivity contribution is 0.0681. The van der Waals surface area contributed by atoms with Crippen LogP contribution in [0.3, 0.4) is 0 Å². The molecule has 2 radical (unpaired) electrons. The van der Waals surface area contributed by atoms with Crippen LogP contribution in [0, 0.1) is 24.2 Å². The second kappa shape index (κ2) is 11.9. The van der Waals surface area contributed by atoms with E-state index in [2.05, 4.69) is 31.4 Å². The predicted octanol–water partition coefficient (Wildman–Crippen LogP) is 5.69. The maximum atomic E-state index is 13.0. The molecular weight excluding hydrogens is 420 g/mol. The highest BCUT2D eigenvalue weighted by Crippen LogP contribution is 2.48. The minimum atomic E-state index is -0.0416. The molecule has 180 valence electrons. The monoisotopic (exact) mass is 462 g/mol. The van der Waals surface area contributed by atoms with Crippen molar-refractivity contribution in [2.24, 2.45) is 16.7 Å². The Bertz CT molecular complexity index is 734. The summed E-state index contributed by atoms with van der Waals surface area (Å²) in [5.41, 5.74) is 2.05. The average molecular weight is 463 g/mol. The zero-order valence-corrected chi connectivity index (χ0v) is 21.1. The van der Waals surface area contributed by atoms with E-state index in [0.29, 0.717) is 16.0 Å². The molecule has 3 N–H and O–H groups in total. The van der Waals surface area contributed by atoms with E-state index in [1.165, 1.54) is 44.9 Å². The molecule has 2 aliphatic rings. The fourth-order valence-electron chi connectivity index (χ4n) is 5.55. The maximum Gasteiger partial charge on any atom is 0.252 e. The summed E-state index contributed by atoms with van der Waals surface area (Å²) in [5.74, 6) is 0.823. The summed E-state index contributed by atoms with van der Waals surface area (Å²) in [7, 11) is 0. The van der Waals surface area contributed by atoms with Crippen LogP contribution in [0.25, 0.3) is 0 Å². The van der Waals surface area contributed by atoms with Crippen molar-refractivity contribution in [1.29, 1.82) is 0 Å². The topological polar surface area (TPSA) is 61.4 Å². The SMILES string of the molecule is CC(C)(C)C(CO)NCCCc1ccc(Cl)c(C(=O)NCC23CCCC(CCC2)C3)c1.[CH2]. The molecule has 32 heavy (non-hydrogen) atoms. The van der Waals surface area contributed by atoms with Crippen molar-refractivity contribution in [1.82, 2.24) is 10.6 Å². The van der Waals surface area contributed by atoms with Crippen LogP contribution in [0.1, 0.15) is 88.1 Å². The molecular formula is C27H43ClN2O2.